The molecule has 0 saturated carbocycles. The third-order valence-electron chi connectivity index (χ3n) is 2.43. The number of thioether (sulfide) groups is 1. The zero-order valence-corrected chi connectivity index (χ0v) is 10.5. The Kier molecular flexibility index (Phi) is 4.18. The summed E-state index contributed by atoms with van der Waals surface area (Å²) in [5.41, 5.74) is 2.36. The van der Waals surface area contributed by atoms with Gasteiger partial charge in [-0.2, -0.15) is 5.48 Å². The summed E-state index contributed by atoms with van der Waals surface area (Å²) in [7, 11) is 0. The predicted octanol–water partition coefficient (Wildman–Crippen LogP) is 2.20. The van der Waals surface area contributed by atoms with E-state index in [4.69, 9.17) is 17.4 Å². The van der Waals surface area contributed by atoms with Crippen molar-refractivity contribution >= 4 is 28.3 Å². The number of unbranched alkanes of at least 4 members (excludes halogenated alkanes) is 1. The molecule has 0 amide bonds. The molecule has 0 unspecified atom stereocenters. The molecule has 82 valence electrons. The van der Waals surface area contributed by atoms with E-state index < -0.39 is 0 Å². The van der Waals surface area contributed by atoms with Crippen molar-refractivity contribution in [3.63, 3.8) is 0 Å². The molecule has 1 aliphatic heterocycles. The molecule has 1 rings (SSSR count). The van der Waals surface area contributed by atoms with E-state index in [9.17, 15) is 0 Å². The van der Waals surface area contributed by atoms with Gasteiger partial charge in [-0.15, -0.1) is 0 Å². The molecule has 0 aromatic heterocycles. The van der Waals surface area contributed by atoms with Gasteiger partial charge in [0.2, 0.25) is 0 Å². The standard InChI is InChI=1S/C9H18N2OS2/c1-4-5-6-11-7(10-12)9(2,3)14-8(11)13/h7,10,12H,4-6H2,1-3H3/t7-/m1/s1. The molecule has 1 aliphatic rings. The lowest BCUT2D eigenvalue weighted by atomic mass is 10.1. The fraction of sp³-hybridized carbons (Fsp3) is 0.889. The third-order valence-corrected chi connectivity index (χ3v) is 4.07. The minimum atomic E-state index is -0.0634. The summed E-state index contributed by atoms with van der Waals surface area (Å²) in [5.74, 6) is 0. The van der Waals surface area contributed by atoms with Crippen molar-refractivity contribution in [1.29, 1.82) is 0 Å². The van der Waals surface area contributed by atoms with E-state index in [0.29, 0.717) is 0 Å². The van der Waals surface area contributed by atoms with Gasteiger partial charge in [0, 0.05) is 6.54 Å². The Hall–Kier alpha value is 0.160. The maximum absolute atomic E-state index is 9.12. The van der Waals surface area contributed by atoms with Crippen LogP contribution in [0.3, 0.4) is 0 Å². The number of hydrogen-bond acceptors (Lipinski definition) is 4. The zero-order valence-electron chi connectivity index (χ0n) is 8.91. The molecule has 0 radical (unpaired) electrons. The Balaban J connectivity index is 2.68. The predicted molar refractivity (Wildman–Crippen MR) is 64.6 cm³/mol. The fourth-order valence-corrected chi connectivity index (χ4v) is 3.49. The van der Waals surface area contributed by atoms with Crippen LogP contribution in [0.4, 0.5) is 0 Å². The van der Waals surface area contributed by atoms with Gasteiger partial charge in [0.05, 0.1) is 4.75 Å². The number of thiocarbonyl (C=S) groups is 1. The quantitative estimate of drug-likeness (QED) is 0.576. The summed E-state index contributed by atoms with van der Waals surface area (Å²) in [6.45, 7) is 7.25. The third kappa shape index (κ3) is 2.39. The molecule has 5 heteroatoms. The number of nitrogens with one attached hydrogen (secondary N) is 1. The van der Waals surface area contributed by atoms with Crippen LogP contribution in [0.2, 0.25) is 0 Å². The van der Waals surface area contributed by atoms with Crippen LogP contribution in [0.15, 0.2) is 0 Å². The summed E-state index contributed by atoms with van der Waals surface area (Å²) < 4.78 is 0.828. The van der Waals surface area contributed by atoms with Crippen molar-refractivity contribution in [2.24, 2.45) is 0 Å². The molecule has 2 N–H and O–H groups in total. The van der Waals surface area contributed by atoms with Crippen LogP contribution in [-0.4, -0.2) is 31.9 Å². The molecule has 0 aromatic rings. The molecular weight excluding hydrogens is 216 g/mol. The summed E-state index contributed by atoms with van der Waals surface area (Å²) in [6.07, 6.45) is 2.18. The lowest BCUT2D eigenvalue weighted by molar-refractivity contribution is 0.0565. The van der Waals surface area contributed by atoms with Gasteiger partial charge in [0.15, 0.2) is 0 Å². The average Bonchev–Trinajstić information content (AvgIpc) is 2.31. The highest BCUT2D eigenvalue weighted by Gasteiger charge is 2.43. The fourth-order valence-electron chi connectivity index (χ4n) is 1.59. The van der Waals surface area contributed by atoms with Crippen molar-refractivity contribution in [2.45, 2.75) is 44.5 Å². The topological polar surface area (TPSA) is 35.5 Å². The van der Waals surface area contributed by atoms with Crippen LogP contribution in [0.5, 0.6) is 0 Å². The first kappa shape index (κ1) is 12.2. The lowest BCUT2D eigenvalue weighted by Crippen LogP contribution is -2.50. The Morgan fingerprint density at radius 1 is 1.64 bits per heavy atom. The van der Waals surface area contributed by atoms with Gasteiger partial charge in [-0.05, 0) is 20.3 Å². The van der Waals surface area contributed by atoms with E-state index in [0.717, 1.165) is 23.7 Å². The highest BCUT2D eigenvalue weighted by Crippen LogP contribution is 2.39. The first-order valence-electron chi connectivity index (χ1n) is 4.92. The Morgan fingerprint density at radius 2 is 2.29 bits per heavy atom. The monoisotopic (exact) mass is 234 g/mol. The molecular formula is C9H18N2OS2. The van der Waals surface area contributed by atoms with Gasteiger partial charge >= 0.3 is 0 Å². The van der Waals surface area contributed by atoms with E-state index >= 15 is 0 Å². The molecule has 0 spiro atoms. The second-order valence-corrected chi connectivity index (χ2v) is 6.34. The first-order chi connectivity index (χ1) is 6.53. The van der Waals surface area contributed by atoms with Gasteiger partial charge in [0.25, 0.3) is 0 Å². The molecule has 1 atom stereocenters. The maximum Gasteiger partial charge on any atom is 0.138 e. The van der Waals surface area contributed by atoms with Crippen molar-refractivity contribution in [1.82, 2.24) is 10.4 Å². The van der Waals surface area contributed by atoms with Crippen LogP contribution in [-0.2, 0) is 0 Å². The van der Waals surface area contributed by atoms with Gasteiger partial charge < -0.3 is 10.1 Å². The number of hydroxylamine groups is 1. The van der Waals surface area contributed by atoms with Crippen LogP contribution in [0.1, 0.15) is 33.6 Å². The van der Waals surface area contributed by atoms with E-state index in [2.05, 4.69) is 31.2 Å². The Bertz CT molecular complexity index is 221. The number of hydrogen-bond donors (Lipinski definition) is 2. The zero-order chi connectivity index (χ0) is 10.8. The normalized spacial score (nSPS) is 25.9. The number of rotatable bonds is 4. The minimum Gasteiger partial charge on any atom is -0.339 e. The molecule has 1 heterocycles. The maximum atomic E-state index is 9.12. The Morgan fingerprint density at radius 3 is 2.79 bits per heavy atom. The van der Waals surface area contributed by atoms with Crippen LogP contribution < -0.4 is 5.48 Å². The van der Waals surface area contributed by atoms with E-state index in [1.165, 1.54) is 0 Å². The SMILES string of the molecule is CCCCN1C(=S)SC(C)(C)[C@@H]1NO. The molecule has 0 aromatic carbocycles. The first-order valence-corrected chi connectivity index (χ1v) is 6.14. The van der Waals surface area contributed by atoms with Gasteiger partial charge in [-0.1, -0.05) is 37.3 Å². The van der Waals surface area contributed by atoms with Crippen LogP contribution >= 0.6 is 24.0 Å². The molecule has 14 heavy (non-hydrogen) atoms. The second kappa shape index (κ2) is 4.79. The molecule has 0 aliphatic carbocycles. The molecule has 3 nitrogen and oxygen atoms in total. The second-order valence-electron chi connectivity index (χ2n) is 4.05. The van der Waals surface area contributed by atoms with Crippen molar-refractivity contribution in [3.8, 4) is 0 Å². The van der Waals surface area contributed by atoms with Crippen LogP contribution in [0, 0.1) is 0 Å². The van der Waals surface area contributed by atoms with Gasteiger partial charge in [-0.25, -0.2) is 0 Å². The smallest absolute Gasteiger partial charge is 0.138 e. The summed E-state index contributed by atoms with van der Waals surface area (Å²) in [6, 6.07) is 0. The lowest BCUT2D eigenvalue weighted by Gasteiger charge is -2.30. The summed E-state index contributed by atoms with van der Waals surface area (Å²) in [5, 5.41) is 9.12. The summed E-state index contributed by atoms with van der Waals surface area (Å²) in [4.78, 5) is 2.07. The average molecular weight is 234 g/mol. The van der Waals surface area contributed by atoms with E-state index in [-0.39, 0.29) is 10.9 Å². The highest BCUT2D eigenvalue weighted by atomic mass is 32.2. The Labute approximate surface area is 95.2 Å². The highest BCUT2D eigenvalue weighted by molar-refractivity contribution is 8.24. The summed E-state index contributed by atoms with van der Waals surface area (Å²) >= 11 is 6.93. The van der Waals surface area contributed by atoms with Crippen molar-refractivity contribution in [3.05, 3.63) is 0 Å². The molecule has 1 saturated heterocycles. The van der Waals surface area contributed by atoms with Gasteiger partial charge in [0.1, 0.15) is 10.5 Å². The molecule has 1 fully saturated rings. The van der Waals surface area contributed by atoms with Crippen molar-refractivity contribution < 1.29 is 5.21 Å². The van der Waals surface area contributed by atoms with Crippen LogP contribution in [0.25, 0.3) is 0 Å². The largest absolute Gasteiger partial charge is 0.339 e. The van der Waals surface area contributed by atoms with E-state index in [1.807, 2.05) is 0 Å². The van der Waals surface area contributed by atoms with E-state index in [1.54, 1.807) is 11.8 Å². The minimum absolute atomic E-state index is 0.0560. The molecule has 0 bridgehead atoms. The number of nitrogens with zero attached hydrogens (tertiary/aromatic N) is 1. The van der Waals surface area contributed by atoms with Crippen molar-refractivity contribution in [2.75, 3.05) is 6.54 Å². The van der Waals surface area contributed by atoms with Gasteiger partial charge in [-0.3, -0.25) is 0 Å².